The SMILES string of the molecule is CC(C)(C)OC(=O)NCC(C=O)CO[Si](C)(C)C(C)(C)C. The maximum absolute atomic E-state index is 11.6. The standard InChI is InChI=1S/C15H31NO4Si/c1-14(2,3)20-13(18)16-9-12(10-17)11-19-21(7,8)15(4,5)6/h10,12H,9,11H2,1-8H3,(H,16,18). The van der Waals surface area contributed by atoms with Gasteiger partial charge in [-0.1, -0.05) is 20.8 Å². The van der Waals surface area contributed by atoms with Crippen molar-refractivity contribution in [3.63, 3.8) is 0 Å². The van der Waals surface area contributed by atoms with Crippen LogP contribution < -0.4 is 5.32 Å². The summed E-state index contributed by atoms with van der Waals surface area (Å²) < 4.78 is 11.1. The molecule has 0 aromatic carbocycles. The summed E-state index contributed by atoms with van der Waals surface area (Å²) in [6.45, 7) is 16.7. The van der Waals surface area contributed by atoms with E-state index in [0.717, 1.165) is 6.29 Å². The lowest BCUT2D eigenvalue weighted by Crippen LogP contribution is -2.43. The highest BCUT2D eigenvalue weighted by atomic mass is 28.4. The van der Waals surface area contributed by atoms with Crippen molar-refractivity contribution in [1.29, 1.82) is 0 Å². The normalized spacial score (nSPS) is 14.5. The topological polar surface area (TPSA) is 64.6 Å². The van der Waals surface area contributed by atoms with Gasteiger partial charge in [0.2, 0.25) is 0 Å². The van der Waals surface area contributed by atoms with Crippen molar-refractivity contribution in [2.24, 2.45) is 5.92 Å². The van der Waals surface area contributed by atoms with Crippen LogP contribution in [0, 0.1) is 5.92 Å². The van der Waals surface area contributed by atoms with Gasteiger partial charge in [-0.15, -0.1) is 0 Å². The Morgan fingerprint density at radius 2 is 1.71 bits per heavy atom. The molecule has 6 heteroatoms. The Morgan fingerprint density at radius 1 is 1.19 bits per heavy atom. The second-order valence-electron chi connectivity index (χ2n) is 7.85. The van der Waals surface area contributed by atoms with Crippen molar-refractivity contribution >= 4 is 20.7 Å². The van der Waals surface area contributed by atoms with E-state index in [1.165, 1.54) is 0 Å². The molecule has 0 saturated carbocycles. The Bertz CT molecular complexity index is 356. The van der Waals surface area contributed by atoms with Crippen molar-refractivity contribution in [2.45, 2.75) is 65.3 Å². The van der Waals surface area contributed by atoms with Crippen LogP contribution in [0.5, 0.6) is 0 Å². The highest BCUT2D eigenvalue weighted by Gasteiger charge is 2.37. The zero-order valence-corrected chi connectivity index (χ0v) is 15.7. The molecule has 0 bridgehead atoms. The van der Waals surface area contributed by atoms with Crippen LogP contribution in [-0.4, -0.2) is 39.4 Å². The quantitative estimate of drug-likeness (QED) is 0.603. The van der Waals surface area contributed by atoms with Gasteiger partial charge in [-0.05, 0) is 38.9 Å². The van der Waals surface area contributed by atoms with E-state index in [0.29, 0.717) is 6.61 Å². The molecule has 1 amide bonds. The number of nitrogens with one attached hydrogen (secondary N) is 1. The van der Waals surface area contributed by atoms with Gasteiger partial charge in [-0.2, -0.15) is 0 Å². The van der Waals surface area contributed by atoms with E-state index in [9.17, 15) is 9.59 Å². The average Bonchev–Trinajstić information content (AvgIpc) is 2.25. The average molecular weight is 318 g/mol. The Balaban J connectivity index is 4.31. The summed E-state index contributed by atoms with van der Waals surface area (Å²) in [5.41, 5.74) is -0.543. The minimum atomic E-state index is -1.88. The summed E-state index contributed by atoms with van der Waals surface area (Å²) in [5, 5.41) is 2.70. The number of carbonyl (C=O) groups is 2. The van der Waals surface area contributed by atoms with E-state index in [1.54, 1.807) is 20.8 Å². The molecule has 5 nitrogen and oxygen atoms in total. The number of ether oxygens (including phenoxy) is 1. The third-order valence-electron chi connectivity index (χ3n) is 3.56. The van der Waals surface area contributed by atoms with Gasteiger partial charge in [0, 0.05) is 13.2 Å². The lowest BCUT2D eigenvalue weighted by atomic mass is 10.2. The predicted octanol–water partition coefficient (Wildman–Crippen LogP) is 3.35. The molecule has 0 aliphatic rings. The number of aldehydes is 1. The lowest BCUT2D eigenvalue weighted by molar-refractivity contribution is -0.111. The Morgan fingerprint density at radius 3 is 2.10 bits per heavy atom. The molecule has 0 aliphatic heterocycles. The summed E-state index contributed by atoms with van der Waals surface area (Å²) in [6.07, 6.45) is 0.312. The van der Waals surface area contributed by atoms with E-state index in [2.05, 4.69) is 39.2 Å². The predicted molar refractivity (Wildman–Crippen MR) is 86.9 cm³/mol. The van der Waals surface area contributed by atoms with Crippen LogP contribution in [0.3, 0.4) is 0 Å². The summed E-state index contributed by atoms with van der Waals surface area (Å²) >= 11 is 0. The fourth-order valence-corrected chi connectivity index (χ4v) is 2.27. The largest absolute Gasteiger partial charge is 0.444 e. The number of hydrogen-bond acceptors (Lipinski definition) is 4. The summed E-state index contributed by atoms with van der Waals surface area (Å²) in [6, 6.07) is 0. The maximum atomic E-state index is 11.6. The van der Waals surface area contributed by atoms with Crippen molar-refractivity contribution < 1.29 is 18.8 Å². The number of carbonyl (C=O) groups excluding carboxylic acids is 2. The molecule has 0 spiro atoms. The van der Waals surface area contributed by atoms with Crippen LogP contribution in [-0.2, 0) is 14.0 Å². The van der Waals surface area contributed by atoms with Crippen molar-refractivity contribution in [1.82, 2.24) is 5.32 Å². The molecule has 1 unspecified atom stereocenters. The second kappa shape index (κ2) is 7.40. The molecule has 124 valence electrons. The fraction of sp³-hybridized carbons (Fsp3) is 0.867. The molecule has 1 N–H and O–H groups in total. The van der Waals surface area contributed by atoms with Crippen molar-refractivity contribution in [2.75, 3.05) is 13.2 Å². The van der Waals surface area contributed by atoms with Crippen molar-refractivity contribution in [3.05, 3.63) is 0 Å². The highest BCUT2D eigenvalue weighted by Crippen LogP contribution is 2.36. The van der Waals surface area contributed by atoms with E-state index in [1.807, 2.05) is 0 Å². The van der Waals surface area contributed by atoms with Crippen LogP contribution in [0.1, 0.15) is 41.5 Å². The monoisotopic (exact) mass is 317 g/mol. The third kappa shape index (κ3) is 8.21. The van der Waals surface area contributed by atoms with Crippen LogP contribution in [0.15, 0.2) is 0 Å². The Kier molecular flexibility index (Phi) is 7.09. The zero-order valence-electron chi connectivity index (χ0n) is 14.7. The molecule has 21 heavy (non-hydrogen) atoms. The van der Waals surface area contributed by atoms with Gasteiger partial charge in [0.25, 0.3) is 0 Å². The third-order valence-corrected chi connectivity index (χ3v) is 8.07. The highest BCUT2D eigenvalue weighted by molar-refractivity contribution is 6.74. The van der Waals surface area contributed by atoms with Crippen LogP contribution >= 0.6 is 0 Å². The number of rotatable bonds is 6. The first kappa shape index (κ1) is 20.1. The molecule has 0 aromatic rings. The van der Waals surface area contributed by atoms with E-state index < -0.39 is 20.0 Å². The summed E-state index contributed by atoms with van der Waals surface area (Å²) in [5.74, 6) is -0.355. The minimum absolute atomic E-state index is 0.0963. The lowest BCUT2D eigenvalue weighted by Gasteiger charge is -2.36. The van der Waals surface area contributed by atoms with E-state index in [-0.39, 0.29) is 17.5 Å². The van der Waals surface area contributed by atoms with Gasteiger partial charge in [0.15, 0.2) is 8.32 Å². The summed E-state index contributed by atoms with van der Waals surface area (Å²) in [7, 11) is -1.88. The number of alkyl carbamates (subject to hydrolysis) is 1. The van der Waals surface area contributed by atoms with E-state index in [4.69, 9.17) is 9.16 Å². The molecule has 1 atom stereocenters. The van der Waals surface area contributed by atoms with E-state index >= 15 is 0 Å². The van der Waals surface area contributed by atoms with Gasteiger partial charge in [0.05, 0.1) is 5.92 Å². The Labute approximate surface area is 129 Å². The first-order valence-electron chi connectivity index (χ1n) is 7.34. The minimum Gasteiger partial charge on any atom is -0.444 e. The first-order chi connectivity index (χ1) is 9.28. The van der Waals surface area contributed by atoms with Gasteiger partial charge >= 0.3 is 6.09 Å². The molecular formula is C15H31NO4Si. The second-order valence-corrected chi connectivity index (χ2v) is 12.7. The molecule has 0 heterocycles. The number of hydrogen-bond donors (Lipinski definition) is 1. The molecule has 0 saturated heterocycles. The van der Waals surface area contributed by atoms with Crippen LogP contribution in [0.4, 0.5) is 4.79 Å². The molecule has 0 aliphatic carbocycles. The van der Waals surface area contributed by atoms with Gasteiger partial charge in [-0.25, -0.2) is 4.79 Å². The number of amides is 1. The van der Waals surface area contributed by atoms with Crippen molar-refractivity contribution in [3.8, 4) is 0 Å². The van der Waals surface area contributed by atoms with Gasteiger partial charge in [0.1, 0.15) is 11.9 Å². The van der Waals surface area contributed by atoms with Crippen LogP contribution in [0.2, 0.25) is 18.1 Å². The molecule has 0 rings (SSSR count). The fourth-order valence-electron chi connectivity index (χ4n) is 1.21. The molecule has 0 radical (unpaired) electrons. The molecule has 0 aromatic heterocycles. The zero-order chi connectivity index (χ0) is 16.9. The van der Waals surface area contributed by atoms with Crippen LogP contribution in [0.25, 0.3) is 0 Å². The first-order valence-corrected chi connectivity index (χ1v) is 10.3. The Hall–Kier alpha value is -0.883. The molecule has 0 fully saturated rings. The molecular weight excluding hydrogens is 286 g/mol. The smallest absolute Gasteiger partial charge is 0.407 e. The maximum Gasteiger partial charge on any atom is 0.407 e. The van der Waals surface area contributed by atoms with Gasteiger partial charge < -0.3 is 19.3 Å². The summed E-state index contributed by atoms with van der Waals surface area (Å²) in [4.78, 5) is 22.7. The van der Waals surface area contributed by atoms with Gasteiger partial charge in [-0.3, -0.25) is 0 Å².